The first kappa shape index (κ1) is 20.1. The quantitative estimate of drug-likeness (QED) is 0.710. The van der Waals surface area contributed by atoms with Crippen LogP contribution < -0.4 is 5.32 Å². The molecule has 9 heteroatoms. The Morgan fingerprint density at radius 2 is 1.89 bits per heavy atom. The monoisotopic (exact) mass is 373 g/mol. The molecule has 9 nitrogen and oxygen atoms in total. The summed E-state index contributed by atoms with van der Waals surface area (Å²) in [6.45, 7) is 4.05. The van der Waals surface area contributed by atoms with Crippen molar-refractivity contribution in [3.05, 3.63) is 47.3 Å². The maximum Gasteiger partial charge on any atom is 0.325 e. The predicted octanol–water partition coefficient (Wildman–Crippen LogP) is 0.907. The van der Waals surface area contributed by atoms with Gasteiger partial charge < -0.3 is 15.3 Å². The molecule has 2 rings (SSSR count). The van der Waals surface area contributed by atoms with Gasteiger partial charge >= 0.3 is 5.97 Å². The number of hydrogen-bond acceptors (Lipinski definition) is 5. The summed E-state index contributed by atoms with van der Waals surface area (Å²) in [6.07, 6.45) is 1.47. The van der Waals surface area contributed by atoms with Gasteiger partial charge in [-0.25, -0.2) is 4.68 Å². The minimum absolute atomic E-state index is 0.0616. The second-order valence-corrected chi connectivity index (χ2v) is 6.53. The average Bonchev–Trinajstić information content (AvgIpc) is 3.06. The van der Waals surface area contributed by atoms with Crippen LogP contribution in [0.3, 0.4) is 0 Å². The van der Waals surface area contributed by atoms with Gasteiger partial charge in [0.1, 0.15) is 12.2 Å². The maximum atomic E-state index is 12.2. The molecule has 2 amide bonds. The Kier molecular flexibility index (Phi) is 6.64. The highest BCUT2D eigenvalue weighted by molar-refractivity contribution is 5.94. The Hall–Kier alpha value is -3.23. The Morgan fingerprint density at radius 3 is 2.48 bits per heavy atom. The molecule has 0 atom stereocenters. The maximum absolute atomic E-state index is 12.2. The van der Waals surface area contributed by atoms with Crippen LogP contribution in [0.15, 0.2) is 30.5 Å². The fourth-order valence-electron chi connectivity index (χ4n) is 2.46. The van der Waals surface area contributed by atoms with E-state index in [4.69, 9.17) is 5.11 Å². The zero-order chi connectivity index (χ0) is 20.0. The highest BCUT2D eigenvalue weighted by atomic mass is 16.4. The van der Waals surface area contributed by atoms with Gasteiger partial charge in [-0.15, -0.1) is 5.10 Å². The van der Waals surface area contributed by atoms with E-state index < -0.39 is 5.97 Å². The van der Waals surface area contributed by atoms with Crippen molar-refractivity contribution in [1.29, 1.82) is 0 Å². The van der Waals surface area contributed by atoms with Crippen LogP contribution in [0.5, 0.6) is 0 Å². The van der Waals surface area contributed by atoms with Gasteiger partial charge in [0.05, 0.1) is 12.7 Å². The number of hydrogen-bond donors (Lipinski definition) is 2. The lowest BCUT2D eigenvalue weighted by Crippen LogP contribution is -2.30. The summed E-state index contributed by atoms with van der Waals surface area (Å²) < 4.78 is 1.19. The zero-order valence-corrected chi connectivity index (χ0v) is 15.5. The van der Waals surface area contributed by atoms with Crippen LogP contribution in [0.2, 0.25) is 0 Å². The number of nitrogens with one attached hydrogen (secondary N) is 1. The molecule has 27 heavy (non-hydrogen) atoms. The number of rotatable bonds is 8. The molecule has 0 radical (unpaired) electrons. The molecular weight excluding hydrogens is 350 g/mol. The minimum atomic E-state index is -1.02. The lowest BCUT2D eigenvalue weighted by molar-refractivity contribution is -0.138. The van der Waals surface area contributed by atoms with Crippen LogP contribution >= 0.6 is 0 Å². The summed E-state index contributed by atoms with van der Waals surface area (Å²) in [5.74, 6) is -1.29. The Morgan fingerprint density at radius 1 is 1.22 bits per heavy atom. The SMILES string of the molecule is CC(C)C(=O)N(C)Cc1ccc(C(=O)NCc2cn(CC(=O)O)nn2)cc1. The van der Waals surface area contributed by atoms with E-state index in [0.29, 0.717) is 17.8 Å². The third-order valence-electron chi connectivity index (χ3n) is 3.82. The number of carbonyl (C=O) groups is 3. The molecule has 2 aromatic rings. The van der Waals surface area contributed by atoms with Gasteiger partial charge in [0.25, 0.3) is 5.91 Å². The Bertz CT molecular complexity index is 813. The van der Waals surface area contributed by atoms with Crippen molar-refractivity contribution in [2.45, 2.75) is 33.5 Å². The summed E-state index contributed by atoms with van der Waals surface area (Å²) in [5, 5.41) is 18.9. The van der Waals surface area contributed by atoms with Crippen molar-refractivity contribution in [3.8, 4) is 0 Å². The molecule has 0 saturated heterocycles. The van der Waals surface area contributed by atoms with Crippen LogP contribution in [0, 0.1) is 5.92 Å². The van der Waals surface area contributed by atoms with Crippen LogP contribution in [0.4, 0.5) is 0 Å². The Labute approximate surface area is 157 Å². The molecule has 0 bridgehead atoms. The van der Waals surface area contributed by atoms with E-state index in [1.165, 1.54) is 10.9 Å². The minimum Gasteiger partial charge on any atom is -0.480 e. The molecular formula is C18H23N5O4. The molecule has 0 fully saturated rings. The molecule has 0 aliphatic carbocycles. The van der Waals surface area contributed by atoms with Gasteiger partial charge in [0, 0.05) is 25.1 Å². The smallest absolute Gasteiger partial charge is 0.325 e. The zero-order valence-electron chi connectivity index (χ0n) is 15.5. The van der Waals surface area contributed by atoms with E-state index >= 15 is 0 Å². The molecule has 144 valence electrons. The standard InChI is InChI=1S/C18H23N5O4/c1-12(2)18(27)22(3)9-13-4-6-14(7-5-13)17(26)19-8-15-10-23(21-20-15)11-16(24)25/h4-7,10,12H,8-9,11H2,1-3H3,(H,19,26)(H,24,25). The first-order chi connectivity index (χ1) is 12.8. The molecule has 1 heterocycles. The Balaban J connectivity index is 1.89. The van der Waals surface area contributed by atoms with E-state index in [2.05, 4.69) is 15.6 Å². The highest BCUT2D eigenvalue weighted by Crippen LogP contribution is 2.09. The van der Waals surface area contributed by atoms with Crippen molar-refractivity contribution in [2.75, 3.05) is 7.05 Å². The fraction of sp³-hybridized carbons (Fsp3) is 0.389. The summed E-state index contributed by atoms with van der Waals surface area (Å²) in [6, 6.07) is 7.00. The van der Waals surface area contributed by atoms with Crippen molar-refractivity contribution in [2.24, 2.45) is 5.92 Å². The second kappa shape index (κ2) is 8.93. The summed E-state index contributed by atoms with van der Waals surface area (Å²) in [5.41, 5.74) is 1.88. The third kappa shape index (κ3) is 5.91. The van der Waals surface area contributed by atoms with Crippen molar-refractivity contribution < 1.29 is 19.5 Å². The van der Waals surface area contributed by atoms with Crippen molar-refractivity contribution in [1.82, 2.24) is 25.2 Å². The van der Waals surface area contributed by atoms with E-state index in [0.717, 1.165) is 5.56 Å². The topological polar surface area (TPSA) is 117 Å². The molecule has 1 aromatic carbocycles. The van der Waals surface area contributed by atoms with Crippen LogP contribution in [-0.4, -0.2) is 49.8 Å². The molecule has 0 aliphatic rings. The molecule has 1 aromatic heterocycles. The van der Waals surface area contributed by atoms with Crippen LogP contribution in [0.25, 0.3) is 0 Å². The lowest BCUT2D eigenvalue weighted by atomic mass is 10.1. The van der Waals surface area contributed by atoms with Crippen LogP contribution in [0.1, 0.15) is 35.5 Å². The third-order valence-corrected chi connectivity index (χ3v) is 3.82. The van der Waals surface area contributed by atoms with Gasteiger partial charge in [-0.3, -0.25) is 14.4 Å². The van der Waals surface area contributed by atoms with Gasteiger partial charge in [-0.2, -0.15) is 0 Å². The highest BCUT2D eigenvalue weighted by Gasteiger charge is 2.13. The lowest BCUT2D eigenvalue weighted by Gasteiger charge is -2.19. The van der Waals surface area contributed by atoms with Crippen LogP contribution in [-0.2, 0) is 29.2 Å². The van der Waals surface area contributed by atoms with E-state index in [-0.39, 0.29) is 30.8 Å². The summed E-state index contributed by atoms with van der Waals surface area (Å²) in [4.78, 5) is 36.4. The largest absolute Gasteiger partial charge is 0.480 e. The first-order valence-corrected chi connectivity index (χ1v) is 8.49. The van der Waals surface area contributed by atoms with Gasteiger partial charge in [0.2, 0.25) is 5.91 Å². The second-order valence-electron chi connectivity index (χ2n) is 6.53. The van der Waals surface area contributed by atoms with E-state index in [9.17, 15) is 14.4 Å². The van der Waals surface area contributed by atoms with Crippen molar-refractivity contribution in [3.63, 3.8) is 0 Å². The number of carbonyl (C=O) groups excluding carboxylic acids is 2. The molecule has 2 N–H and O–H groups in total. The normalized spacial score (nSPS) is 10.7. The van der Waals surface area contributed by atoms with E-state index in [1.54, 1.807) is 24.1 Å². The first-order valence-electron chi connectivity index (χ1n) is 8.49. The number of benzene rings is 1. The van der Waals surface area contributed by atoms with Gasteiger partial charge in [0.15, 0.2) is 0 Å². The number of carboxylic acid groups (broad SMARTS) is 1. The molecule has 0 saturated carbocycles. The van der Waals surface area contributed by atoms with E-state index in [1.807, 2.05) is 26.0 Å². The summed E-state index contributed by atoms with van der Waals surface area (Å²) >= 11 is 0. The average molecular weight is 373 g/mol. The number of amides is 2. The van der Waals surface area contributed by atoms with Crippen molar-refractivity contribution >= 4 is 17.8 Å². The summed E-state index contributed by atoms with van der Waals surface area (Å²) in [7, 11) is 1.75. The number of aliphatic carboxylic acids is 1. The number of nitrogens with zero attached hydrogens (tertiary/aromatic N) is 4. The molecule has 0 aliphatic heterocycles. The predicted molar refractivity (Wildman–Crippen MR) is 96.6 cm³/mol. The van der Waals surface area contributed by atoms with Gasteiger partial charge in [-0.1, -0.05) is 31.2 Å². The number of carboxylic acids is 1. The van der Waals surface area contributed by atoms with Gasteiger partial charge in [-0.05, 0) is 17.7 Å². The molecule has 0 unspecified atom stereocenters. The molecule has 0 spiro atoms. The fourth-order valence-corrected chi connectivity index (χ4v) is 2.46. The number of aromatic nitrogens is 3.